The van der Waals surface area contributed by atoms with Crippen molar-refractivity contribution in [3.63, 3.8) is 0 Å². The van der Waals surface area contributed by atoms with Crippen molar-refractivity contribution in [2.24, 2.45) is 0 Å². The van der Waals surface area contributed by atoms with Crippen molar-refractivity contribution in [1.82, 2.24) is 0 Å². The Bertz CT molecular complexity index is 327. The molecule has 0 fully saturated rings. The molecule has 0 saturated heterocycles. The molecule has 1 aromatic carbocycles. The molecule has 0 aliphatic heterocycles. The Morgan fingerprint density at radius 3 is 1.60 bits per heavy atom. The molecule has 0 unspecified atom stereocenters. The van der Waals surface area contributed by atoms with Crippen molar-refractivity contribution in [3.8, 4) is 0 Å². The summed E-state index contributed by atoms with van der Waals surface area (Å²) in [5, 5.41) is 0. The standard InChI is InChI=1S/C20H34/c1-3-5-6-7-8-9-10-11-12-16-20-18-14-13-17-19(20)15-4-2/h13-14,17-18H,3-12,15-16H2,1-2H3. The van der Waals surface area contributed by atoms with Crippen LogP contribution >= 0.6 is 0 Å². The zero-order valence-corrected chi connectivity index (χ0v) is 13.8. The maximum Gasteiger partial charge on any atom is -0.0276 e. The van der Waals surface area contributed by atoms with Gasteiger partial charge in [0.15, 0.2) is 0 Å². The van der Waals surface area contributed by atoms with Gasteiger partial charge in [0.1, 0.15) is 0 Å². The van der Waals surface area contributed by atoms with Gasteiger partial charge in [-0.3, -0.25) is 0 Å². The molecule has 0 spiro atoms. The van der Waals surface area contributed by atoms with Crippen LogP contribution in [0.4, 0.5) is 0 Å². The normalized spacial score (nSPS) is 10.9. The molecule has 0 aromatic heterocycles. The smallest absolute Gasteiger partial charge is 0.0276 e. The first kappa shape index (κ1) is 17.3. The number of rotatable bonds is 12. The number of hydrogen-bond acceptors (Lipinski definition) is 0. The van der Waals surface area contributed by atoms with Crippen LogP contribution in [0, 0.1) is 0 Å². The van der Waals surface area contributed by atoms with Crippen LogP contribution in [-0.2, 0) is 12.8 Å². The molecule has 0 atom stereocenters. The van der Waals surface area contributed by atoms with Gasteiger partial charge in [0.2, 0.25) is 0 Å². The monoisotopic (exact) mass is 274 g/mol. The predicted octanol–water partition coefficient (Wildman–Crippen LogP) is 6.71. The van der Waals surface area contributed by atoms with Gasteiger partial charge in [-0.2, -0.15) is 0 Å². The summed E-state index contributed by atoms with van der Waals surface area (Å²) < 4.78 is 0. The number of benzene rings is 1. The van der Waals surface area contributed by atoms with Gasteiger partial charge in [-0.1, -0.05) is 95.9 Å². The number of unbranched alkanes of at least 4 members (excludes halogenated alkanes) is 8. The van der Waals surface area contributed by atoms with E-state index >= 15 is 0 Å². The molecule has 1 rings (SSSR count). The van der Waals surface area contributed by atoms with Crippen molar-refractivity contribution in [2.75, 3.05) is 0 Å². The molecule has 0 radical (unpaired) electrons. The second-order valence-electron chi connectivity index (χ2n) is 6.10. The average molecular weight is 274 g/mol. The van der Waals surface area contributed by atoms with Crippen LogP contribution in [0.5, 0.6) is 0 Å². The SMILES string of the molecule is CCCCCCCCCCCc1ccccc1CCC. The van der Waals surface area contributed by atoms with E-state index in [0.717, 1.165) is 0 Å². The Morgan fingerprint density at radius 2 is 1.05 bits per heavy atom. The predicted molar refractivity (Wildman–Crippen MR) is 91.4 cm³/mol. The Kier molecular flexibility index (Phi) is 10.4. The first-order chi connectivity index (χ1) is 9.88. The molecule has 0 heterocycles. The van der Waals surface area contributed by atoms with Crippen molar-refractivity contribution >= 4 is 0 Å². The summed E-state index contributed by atoms with van der Waals surface area (Å²) in [7, 11) is 0. The third-order valence-electron chi connectivity index (χ3n) is 4.19. The van der Waals surface area contributed by atoms with Gasteiger partial charge in [0, 0.05) is 0 Å². The molecule has 20 heavy (non-hydrogen) atoms. The number of hydrogen-bond donors (Lipinski definition) is 0. The van der Waals surface area contributed by atoms with Crippen LogP contribution < -0.4 is 0 Å². The molecule has 1 aromatic rings. The lowest BCUT2D eigenvalue weighted by Crippen LogP contribution is -1.94. The first-order valence-electron chi connectivity index (χ1n) is 8.95. The Labute approximate surface area is 127 Å². The summed E-state index contributed by atoms with van der Waals surface area (Å²) in [4.78, 5) is 0. The van der Waals surface area contributed by atoms with Crippen molar-refractivity contribution in [1.29, 1.82) is 0 Å². The highest BCUT2D eigenvalue weighted by molar-refractivity contribution is 5.27. The van der Waals surface area contributed by atoms with Crippen LogP contribution in [0.3, 0.4) is 0 Å². The maximum atomic E-state index is 2.33. The van der Waals surface area contributed by atoms with E-state index in [1.165, 1.54) is 77.0 Å². The second-order valence-corrected chi connectivity index (χ2v) is 6.10. The summed E-state index contributed by atoms with van der Waals surface area (Å²) in [5.74, 6) is 0. The molecule has 0 bridgehead atoms. The maximum absolute atomic E-state index is 2.33. The largest absolute Gasteiger partial charge is 0.0654 e. The summed E-state index contributed by atoms with van der Waals surface area (Å²) in [6.45, 7) is 4.56. The minimum absolute atomic E-state index is 1.24. The molecule has 0 aliphatic rings. The highest BCUT2D eigenvalue weighted by Crippen LogP contribution is 2.16. The third kappa shape index (κ3) is 7.72. The van der Waals surface area contributed by atoms with Crippen molar-refractivity contribution < 1.29 is 0 Å². The van der Waals surface area contributed by atoms with Crippen LogP contribution in [-0.4, -0.2) is 0 Å². The van der Waals surface area contributed by atoms with Crippen LogP contribution in [0.2, 0.25) is 0 Å². The highest BCUT2D eigenvalue weighted by Gasteiger charge is 2.00. The van der Waals surface area contributed by atoms with Gasteiger partial charge in [-0.15, -0.1) is 0 Å². The second kappa shape index (κ2) is 12.0. The lowest BCUT2D eigenvalue weighted by atomic mass is 9.98. The van der Waals surface area contributed by atoms with E-state index in [9.17, 15) is 0 Å². The first-order valence-corrected chi connectivity index (χ1v) is 8.95. The fourth-order valence-corrected chi connectivity index (χ4v) is 2.94. The molecule has 0 amide bonds. The third-order valence-corrected chi connectivity index (χ3v) is 4.19. The van der Waals surface area contributed by atoms with Gasteiger partial charge in [-0.05, 0) is 30.4 Å². The van der Waals surface area contributed by atoms with E-state index in [1.54, 1.807) is 11.1 Å². The Hall–Kier alpha value is -0.780. The molecule has 0 saturated carbocycles. The highest BCUT2D eigenvalue weighted by atomic mass is 14.1. The number of aryl methyl sites for hydroxylation is 2. The molecule has 0 heteroatoms. The fraction of sp³-hybridized carbons (Fsp3) is 0.700. The summed E-state index contributed by atoms with van der Waals surface area (Å²) in [5.41, 5.74) is 3.17. The van der Waals surface area contributed by atoms with Crippen LogP contribution in [0.1, 0.15) is 89.2 Å². The zero-order chi connectivity index (χ0) is 14.5. The van der Waals surface area contributed by atoms with Gasteiger partial charge in [-0.25, -0.2) is 0 Å². The van der Waals surface area contributed by atoms with E-state index < -0.39 is 0 Å². The summed E-state index contributed by atoms with van der Waals surface area (Å²) >= 11 is 0. The van der Waals surface area contributed by atoms with Crippen molar-refractivity contribution in [2.45, 2.75) is 90.9 Å². The average Bonchev–Trinajstić information content (AvgIpc) is 2.47. The molecular formula is C20H34. The van der Waals surface area contributed by atoms with E-state index in [0.29, 0.717) is 0 Å². The lowest BCUT2D eigenvalue weighted by Gasteiger charge is -2.08. The van der Waals surface area contributed by atoms with Gasteiger partial charge in [0.05, 0.1) is 0 Å². The summed E-state index contributed by atoms with van der Waals surface area (Å²) in [6.07, 6.45) is 16.6. The van der Waals surface area contributed by atoms with E-state index in [4.69, 9.17) is 0 Å². The topological polar surface area (TPSA) is 0 Å². The van der Waals surface area contributed by atoms with Crippen molar-refractivity contribution in [3.05, 3.63) is 35.4 Å². The summed E-state index contributed by atoms with van der Waals surface area (Å²) in [6, 6.07) is 9.02. The molecule has 0 aliphatic carbocycles. The quantitative estimate of drug-likeness (QED) is 0.371. The Balaban J connectivity index is 2.06. The zero-order valence-electron chi connectivity index (χ0n) is 13.8. The van der Waals surface area contributed by atoms with Crippen LogP contribution in [0.25, 0.3) is 0 Å². The van der Waals surface area contributed by atoms with Gasteiger partial charge in [0.25, 0.3) is 0 Å². The van der Waals surface area contributed by atoms with Crippen LogP contribution in [0.15, 0.2) is 24.3 Å². The molecule has 0 N–H and O–H groups in total. The van der Waals surface area contributed by atoms with Gasteiger partial charge >= 0.3 is 0 Å². The minimum atomic E-state index is 1.24. The minimum Gasteiger partial charge on any atom is -0.0654 e. The fourth-order valence-electron chi connectivity index (χ4n) is 2.94. The van der Waals surface area contributed by atoms with E-state index in [2.05, 4.69) is 38.1 Å². The van der Waals surface area contributed by atoms with E-state index in [-0.39, 0.29) is 0 Å². The lowest BCUT2D eigenvalue weighted by molar-refractivity contribution is 0.564. The molecular weight excluding hydrogens is 240 g/mol. The molecule has 0 nitrogen and oxygen atoms in total. The van der Waals surface area contributed by atoms with E-state index in [1.807, 2.05) is 0 Å². The molecule has 114 valence electrons. The Morgan fingerprint density at radius 1 is 0.550 bits per heavy atom. The van der Waals surface area contributed by atoms with Gasteiger partial charge < -0.3 is 0 Å².